The quantitative estimate of drug-likeness (QED) is 0.245. The van der Waals surface area contributed by atoms with Gasteiger partial charge in [-0.1, -0.05) is 137 Å². The predicted molar refractivity (Wildman–Crippen MR) is 152 cm³/mol. The molecular formula is C36H30. The van der Waals surface area contributed by atoms with E-state index < -0.39 is 0 Å². The van der Waals surface area contributed by atoms with Crippen molar-refractivity contribution in [3.63, 3.8) is 0 Å². The first-order valence-corrected chi connectivity index (χ1v) is 13.0. The standard InChI is InChI=1S/C36H30/c1-35(2)31-17-7-5-11-27(31)29-15-9-13-25(33(29)35)23-19-21-24(22-20-23)26-14-10-16-30-28-12-6-8-18-32(28)36(3,4)34(26)30/h5-22H,1-4H3. The highest BCUT2D eigenvalue weighted by Crippen LogP contribution is 2.53. The molecule has 0 atom stereocenters. The van der Waals surface area contributed by atoms with Crippen molar-refractivity contribution in [2.75, 3.05) is 0 Å². The maximum Gasteiger partial charge on any atom is 0.0165 e. The number of rotatable bonds is 2. The fourth-order valence-corrected chi connectivity index (χ4v) is 7.01. The van der Waals surface area contributed by atoms with Crippen LogP contribution in [0, 0.1) is 0 Å². The third-order valence-electron chi connectivity index (χ3n) is 8.67. The van der Waals surface area contributed by atoms with Crippen LogP contribution in [0.15, 0.2) is 109 Å². The molecule has 0 saturated carbocycles. The molecule has 0 saturated heterocycles. The molecule has 0 bridgehead atoms. The van der Waals surface area contributed by atoms with Gasteiger partial charge in [0.1, 0.15) is 0 Å². The summed E-state index contributed by atoms with van der Waals surface area (Å²) in [6, 6.07) is 40.6. The summed E-state index contributed by atoms with van der Waals surface area (Å²) in [5.74, 6) is 0. The van der Waals surface area contributed by atoms with Crippen LogP contribution in [-0.2, 0) is 10.8 Å². The van der Waals surface area contributed by atoms with Gasteiger partial charge in [-0.3, -0.25) is 0 Å². The second kappa shape index (κ2) is 7.31. The molecule has 2 aliphatic carbocycles. The monoisotopic (exact) mass is 462 g/mol. The van der Waals surface area contributed by atoms with Crippen LogP contribution >= 0.6 is 0 Å². The Labute approximate surface area is 214 Å². The van der Waals surface area contributed by atoms with Gasteiger partial charge in [0.05, 0.1) is 0 Å². The lowest BCUT2D eigenvalue weighted by Gasteiger charge is -2.25. The van der Waals surface area contributed by atoms with E-state index in [9.17, 15) is 0 Å². The van der Waals surface area contributed by atoms with Crippen molar-refractivity contribution in [1.29, 1.82) is 0 Å². The van der Waals surface area contributed by atoms with Crippen LogP contribution < -0.4 is 0 Å². The molecule has 174 valence electrons. The molecular weight excluding hydrogens is 432 g/mol. The third kappa shape index (κ3) is 2.76. The number of fused-ring (bicyclic) bond motifs is 6. The van der Waals surface area contributed by atoms with Crippen LogP contribution in [0.2, 0.25) is 0 Å². The molecule has 5 aromatic rings. The molecule has 0 heterocycles. The van der Waals surface area contributed by atoms with E-state index in [1.54, 1.807) is 0 Å². The Hall–Kier alpha value is -3.90. The molecule has 0 amide bonds. The van der Waals surface area contributed by atoms with Gasteiger partial charge in [0, 0.05) is 10.8 Å². The van der Waals surface area contributed by atoms with Gasteiger partial charge < -0.3 is 0 Å². The van der Waals surface area contributed by atoms with E-state index in [-0.39, 0.29) is 10.8 Å². The molecule has 0 unspecified atom stereocenters. The predicted octanol–water partition coefficient (Wildman–Crippen LogP) is 9.63. The molecule has 0 radical (unpaired) electrons. The molecule has 0 N–H and O–H groups in total. The summed E-state index contributed by atoms with van der Waals surface area (Å²) >= 11 is 0. The smallest absolute Gasteiger partial charge is 0.0165 e. The van der Waals surface area contributed by atoms with Gasteiger partial charge in [0.15, 0.2) is 0 Å². The fourth-order valence-electron chi connectivity index (χ4n) is 7.01. The molecule has 5 aromatic carbocycles. The highest BCUT2D eigenvalue weighted by molar-refractivity contribution is 5.90. The Morgan fingerprint density at radius 3 is 1.08 bits per heavy atom. The molecule has 0 fully saturated rings. The van der Waals surface area contributed by atoms with Crippen molar-refractivity contribution in [2.24, 2.45) is 0 Å². The third-order valence-corrected chi connectivity index (χ3v) is 8.67. The van der Waals surface area contributed by atoms with E-state index in [2.05, 4.69) is 137 Å². The lowest BCUT2D eigenvalue weighted by molar-refractivity contribution is 0.662. The number of hydrogen-bond acceptors (Lipinski definition) is 0. The second-order valence-electron chi connectivity index (χ2n) is 11.4. The molecule has 0 spiro atoms. The Balaban J connectivity index is 1.35. The van der Waals surface area contributed by atoms with Crippen molar-refractivity contribution in [3.05, 3.63) is 131 Å². The Kier molecular flexibility index (Phi) is 4.34. The lowest BCUT2D eigenvalue weighted by Crippen LogP contribution is -2.16. The van der Waals surface area contributed by atoms with Crippen LogP contribution in [0.3, 0.4) is 0 Å². The summed E-state index contributed by atoms with van der Waals surface area (Å²) in [4.78, 5) is 0. The zero-order valence-electron chi connectivity index (χ0n) is 21.4. The summed E-state index contributed by atoms with van der Waals surface area (Å²) in [6.45, 7) is 9.45. The van der Waals surface area contributed by atoms with Gasteiger partial charge >= 0.3 is 0 Å². The van der Waals surface area contributed by atoms with Crippen LogP contribution in [0.5, 0.6) is 0 Å². The highest BCUT2D eigenvalue weighted by Gasteiger charge is 2.38. The van der Waals surface area contributed by atoms with E-state index >= 15 is 0 Å². The summed E-state index contributed by atoms with van der Waals surface area (Å²) in [5.41, 5.74) is 16.4. The first-order valence-electron chi connectivity index (χ1n) is 13.0. The Bertz CT molecular complexity index is 1540. The number of hydrogen-bond donors (Lipinski definition) is 0. The molecule has 7 rings (SSSR count). The van der Waals surface area contributed by atoms with E-state index in [0.717, 1.165) is 0 Å². The van der Waals surface area contributed by atoms with Crippen molar-refractivity contribution in [2.45, 2.75) is 38.5 Å². The normalized spacial score (nSPS) is 15.7. The highest BCUT2D eigenvalue weighted by atomic mass is 14.4. The zero-order chi connectivity index (χ0) is 24.7. The van der Waals surface area contributed by atoms with Crippen molar-refractivity contribution >= 4 is 0 Å². The van der Waals surface area contributed by atoms with E-state index in [4.69, 9.17) is 0 Å². The minimum absolute atomic E-state index is 0.0166. The average molecular weight is 463 g/mol. The molecule has 2 aliphatic rings. The van der Waals surface area contributed by atoms with Crippen LogP contribution in [-0.4, -0.2) is 0 Å². The Morgan fingerprint density at radius 1 is 0.333 bits per heavy atom. The fraction of sp³-hybridized carbons (Fsp3) is 0.167. The van der Waals surface area contributed by atoms with Gasteiger partial charge in [0.25, 0.3) is 0 Å². The molecule has 0 aliphatic heterocycles. The largest absolute Gasteiger partial charge is 0.0619 e. The van der Waals surface area contributed by atoms with Crippen LogP contribution in [0.4, 0.5) is 0 Å². The number of benzene rings is 5. The van der Waals surface area contributed by atoms with Gasteiger partial charge in [0.2, 0.25) is 0 Å². The second-order valence-corrected chi connectivity index (χ2v) is 11.4. The molecule has 0 aromatic heterocycles. The maximum absolute atomic E-state index is 2.36. The van der Waals surface area contributed by atoms with E-state index in [1.807, 2.05) is 0 Å². The van der Waals surface area contributed by atoms with Crippen LogP contribution in [0.25, 0.3) is 44.5 Å². The van der Waals surface area contributed by atoms with Gasteiger partial charge in [-0.15, -0.1) is 0 Å². The topological polar surface area (TPSA) is 0 Å². The van der Waals surface area contributed by atoms with Crippen molar-refractivity contribution in [3.8, 4) is 44.5 Å². The Morgan fingerprint density at radius 2 is 0.667 bits per heavy atom. The molecule has 36 heavy (non-hydrogen) atoms. The zero-order valence-corrected chi connectivity index (χ0v) is 21.4. The minimum atomic E-state index is -0.0166. The van der Waals surface area contributed by atoms with Crippen LogP contribution in [0.1, 0.15) is 49.9 Å². The van der Waals surface area contributed by atoms with Gasteiger partial charge in [-0.25, -0.2) is 0 Å². The first-order chi connectivity index (χ1) is 17.4. The van der Waals surface area contributed by atoms with Gasteiger partial charge in [-0.05, 0) is 66.8 Å². The van der Waals surface area contributed by atoms with E-state index in [1.165, 1.54) is 66.8 Å². The first kappa shape index (κ1) is 21.4. The van der Waals surface area contributed by atoms with Crippen molar-refractivity contribution < 1.29 is 0 Å². The van der Waals surface area contributed by atoms with Crippen molar-refractivity contribution in [1.82, 2.24) is 0 Å². The average Bonchev–Trinajstić information content (AvgIpc) is 3.29. The summed E-state index contributed by atoms with van der Waals surface area (Å²) in [6.07, 6.45) is 0. The van der Waals surface area contributed by atoms with E-state index in [0.29, 0.717) is 0 Å². The summed E-state index contributed by atoms with van der Waals surface area (Å²) < 4.78 is 0. The van der Waals surface area contributed by atoms with Gasteiger partial charge in [-0.2, -0.15) is 0 Å². The minimum Gasteiger partial charge on any atom is -0.0619 e. The molecule has 0 nitrogen and oxygen atoms in total. The maximum atomic E-state index is 2.36. The summed E-state index contributed by atoms with van der Waals surface area (Å²) in [5, 5.41) is 0. The lowest BCUT2D eigenvalue weighted by atomic mass is 9.78. The molecule has 0 heteroatoms. The summed E-state index contributed by atoms with van der Waals surface area (Å²) in [7, 11) is 0. The SMILES string of the molecule is CC1(C)c2ccccc2-c2cccc(-c3ccc(-c4cccc5c4C(C)(C)c4ccccc4-5)cc3)c21.